The van der Waals surface area contributed by atoms with Crippen LogP contribution in [-0.2, 0) is 43.2 Å². The van der Waals surface area contributed by atoms with Crippen molar-refractivity contribution in [3.63, 3.8) is 0 Å². The van der Waals surface area contributed by atoms with Gasteiger partial charge < -0.3 is 41.7 Å². The molecule has 1 saturated carbocycles. The molecule has 1 rings (SSSR count). The lowest BCUT2D eigenvalue weighted by atomic mass is 9.81. The highest BCUT2D eigenvalue weighted by molar-refractivity contribution is 7.98. The van der Waals surface area contributed by atoms with E-state index < -0.39 is 72.6 Å². The highest BCUT2D eigenvalue weighted by atomic mass is 32.2. The molecule has 55 heavy (non-hydrogen) atoms. The van der Waals surface area contributed by atoms with E-state index >= 15 is 0 Å². The molecule has 18 nitrogen and oxygen atoms in total. The topological polar surface area (TPSA) is 300 Å². The number of ketones is 3. The molecule has 0 aliphatic heterocycles. The third-order valence-corrected chi connectivity index (χ3v) is 10.3. The average molecular weight is 801 g/mol. The molecule has 0 bridgehead atoms. The quantitative estimate of drug-likeness (QED) is 0.0502. The zero-order valence-electron chi connectivity index (χ0n) is 31.5. The van der Waals surface area contributed by atoms with E-state index in [1.165, 1.54) is 18.7 Å². The Bertz CT molecular complexity index is 1370. The van der Waals surface area contributed by atoms with Crippen LogP contribution < -0.4 is 21.3 Å². The fourth-order valence-corrected chi connectivity index (χ4v) is 6.93. The summed E-state index contributed by atoms with van der Waals surface area (Å²) < 4.78 is 0. The van der Waals surface area contributed by atoms with Crippen molar-refractivity contribution in [1.82, 2.24) is 21.3 Å². The Morgan fingerprint density at radius 3 is 1.76 bits per heavy atom. The van der Waals surface area contributed by atoms with Crippen molar-refractivity contribution in [3.8, 4) is 0 Å². The number of carbonyl (C=O) groups excluding carboxylic acids is 6. The van der Waals surface area contributed by atoms with Crippen LogP contribution in [-0.4, -0.2) is 117 Å². The minimum absolute atomic E-state index is 0.0203. The summed E-state index contributed by atoms with van der Waals surface area (Å²) in [6, 6.07) is -4.19. The van der Waals surface area contributed by atoms with E-state index in [0.717, 1.165) is 0 Å². The summed E-state index contributed by atoms with van der Waals surface area (Å²) in [5, 5.41) is 46.2. The number of unbranched alkanes of at least 4 members (excludes halogenated alkanes) is 1. The predicted octanol–water partition coefficient (Wildman–Crippen LogP) is 2.01. The van der Waals surface area contributed by atoms with Gasteiger partial charge in [0, 0.05) is 75.1 Å². The van der Waals surface area contributed by atoms with E-state index in [0.29, 0.717) is 57.4 Å². The van der Waals surface area contributed by atoms with Crippen molar-refractivity contribution in [2.45, 2.75) is 115 Å². The summed E-state index contributed by atoms with van der Waals surface area (Å²) in [5.74, 6) is -7.27. The SMILES string of the molecule is CSCC(CC(=O)C(CCC(=O)O)CC(=O)CCCCNC(=O)C1CCC(CNC(=O)CCC(NC(=O)NC(CCC(=O)O)C(=O)O)C(=O)O)CC1)C(C)=O. The highest BCUT2D eigenvalue weighted by Crippen LogP contribution is 2.28. The van der Waals surface area contributed by atoms with E-state index in [-0.39, 0.29) is 80.0 Å². The van der Waals surface area contributed by atoms with Crippen LogP contribution in [0.4, 0.5) is 4.79 Å². The lowest BCUT2D eigenvalue weighted by Crippen LogP contribution is -2.51. The monoisotopic (exact) mass is 800 g/mol. The molecule has 4 amide bonds. The fourth-order valence-electron chi connectivity index (χ4n) is 6.18. The first kappa shape index (κ1) is 48.5. The van der Waals surface area contributed by atoms with Crippen LogP contribution in [0, 0.1) is 23.7 Å². The molecule has 0 saturated heterocycles. The van der Waals surface area contributed by atoms with Gasteiger partial charge in [0.25, 0.3) is 0 Å². The Balaban J connectivity index is 2.39. The van der Waals surface area contributed by atoms with Crippen LogP contribution in [0.25, 0.3) is 0 Å². The van der Waals surface area contributed by atoms with Gasteiger partial charge in [0.2, 0.25) is 11.8 Å². The largest absolute Gasteiger partial charge is 0.481 e. The third-order valence-electron chi connectivity index (χ3n) is 9.53. The lowest BCUT2D eigenvalue weighted by Gasteiger charge is -2.28. The third kappa shape index (κ3) is 21.2. The predicted molar refractivity (Wildman–Crippen MR) is 198 cm³/mol. The molecule has 19 heteroatoms. The summed E-state index contributed by atoms with van der Waals surface area (Å²) in [6.45, 7) is 2.09. The van der Waals surface area contributed by atoms with Gasteiger partial charge in [-0.25, -0.2) is 14.4 Å². The number of thioether (sulfide) groups is 1. The summed E-state index contributed by atoms with van der Waals surface area (Å²) >= 11 is 1.44. The molecule has 1 aliphatic rings. The molecule has 8 N–H and O–H groups in total. The van der Waals surface area contributed by atoms with Gasteiger partial charge in [-0.3, -0.25) is 33.6 Å². The molecule has 1 fully saturated rings. The Hall–Kier alpha value is -4.55. The number of carboxylic acids is 4. The van der Waals surface area contributed by atoms with Gasteiger partial charge in [-0.15, -0.1) is 0 Å². The van der Waals surface area contributed by atoms with Crippen molar-refractivity contribution in [1.29, 1.82) is 0 Å². The van der Waals surface area contributed by atoms with Crippen LogP contribution in [0.1, 0.15) is 103 Å². The molecule has 4 atom stereocenters. The molecule has 1 aliphatic carbocycles. The van der Waals surface area contributed by atoms with E-state index in [4.69, 9.17) is 15.3 Å². The van der Waals surface area contributed by atoms with E-state index in [1.54, 1.807) is 0 Å². The summed E-state index contributed by atoms with van der Waals surface area (Å²) in [7, 11) is 0. The zero-order chi connectivity index (χ0) is 41.5. The number of amides is 4. The van der Waals surface area contributed by atoms with E-state index in [9.17, 15) is 53.1 Å². The molecular weight excluding hydrogens is 744 g/mol. The smallest absolute Gasteiger partial charge is 0.326 e. The van der Waals surface area contributed by atoms with Gasteiger partial charge in [-0.1, -0.05) is 0 Å². The van der Waals surface area contributed by atoms with Gasteiger partial charge >= 0.3 is 29.9 Å². The maximum absolute atomic E-state index is 12.9. The average Bonchev–Trinajstić information content (AvgIpc) is 3.11. The number of hydrogen-bond donors (Lipinski definition) is 8. The Labute approximate surface area is 324 Å². The van der Waals surface area contributed by atoms with Crippen molar-refractivity contribution in [3.05, 3.63) is 0 Å². The van der Waals surface area contributed by atoms with Crippen molar-refractivity contribution >= 4 is 70.8 Å². The molecule has 0 aromatic carbocycles. The summed E-state index contributed by atoms with van der Waals surface area (Å²) in [5.41, 5.74) is 0. The van der Waals surface area contributed by atoms with Crippen LogP contribution in [0.2, 0.25) is 0 Å². The van der Waals surface area contributed by atoms with Crippen LogP contribution in [0.15, 0.2) is 0 Å². The molecular formula is C36H56N4O14S. The van der Waals surface area contributed by atoms with Crippen molar-refractivity contribution in [2.24, 2.45) is 23.7 Å². The van der Waals surface area contributed by atoms with E-state index in [1.807, 2.05) is 11.6 Å². The molecule has 0 heterocycles. The van der Waals surface area contributed by atoms with Crippen LogP contribution in [0.3, 0.4) is 0 Å². The molecule has 0 spiro atoms. The summed E-state index contributed by atoms with van der Waals surface area (Å²) in [6.07, 6.45) is 3.76. The number of Topliss-reactive ketones (excluding diaryl/α,β-unsaturated/α-hetero) is 3. The number of aliphatic carboxylic acids is 4. The standard InChI is InChI=1S/C36H56N4O14S/c1-21(41)25(20-55-2)18-29(43)24(10-14-31(45)46)17-26(42)5-3-4-16-37-33(49)23-8-6-22(7-9-23)19-38-30(44)13-11-27(34(50)51)39-36(54)40-28(35(52)53)12-15-32(47)48/h22-25,27-28H,3-20H2,1-2H3,(H,37,49)(H,38,44)(H,45,46)(H,47,48)(H,50,51)(H,52,53)(H2,39,40,54). The Kier molecular flexibility index (Phi) is 23.2. The molecule has 4 unspecified atom stereocenters. The number of carboxylic acid groups (broad SMARTS) is 4. The number of carbonyl (C=O) groups is 10. The molecule has 0 aromatic heterocycles. The second-order valence-electron chi connectivity index (χ2n) is 13.9. The van der Waals surface area contributed by atoms with Gasteiger partial charge in [0.15, 0.2) is 0 Å². The number of hydrogen-bond acceptors (Lipinski definition) is 11. The van der Waals surface area contributed by atoms with Gasteiger partial charge in [-0.2, -0.15) is 11.8 Å². The van der Waals surface area contributed by atoms with Gasteiger partial charge in [0.1, 0.15) is 29.4 Å². The maximum atomic E-state index is 12.9. The zero-order valence-corrected chi connectivity index (χ0v) is 32.3. The lowest BCUT2D eigenvalue weighted by molar-refractivity contribution is -0.141. The Morgan fingerprint density at radius 2 is 1.24 bits per heavy atom. The van der Waals surface area contributed by atoms with Crippen LogP contribution >= 0.6 is 11.8 Å². The van der Waals surface area contributed by atoms with Crippen molar-refractivity contribution in [2.75, 3.05) is 25.1 Å². The second-order valence-corrected chi connectivity index (χ2v) is 14.9. The number of urea groups is 1. The molecule has 310 valence electrons. The number of nitrogens with one attached hydrogen (secondary N) is 4. The minimum atomic E-state index is -1.55. The first-order valence-corrected chi connectivity index (χ1v) is 19.9. The molecule has 0 radical (unpaired) electrons. The first-order chi connectivity index (χ1) is 25.9. The van der Waals surface area contributed by atoms with Gasteiger partial charge in [-0.05, 0) is 76.9 Å². The van der Waals surface area contributed by atoms with Crippen molar-refractivity contribution < 1.29 is 68.4 Å². The first-order valence-electron chi connectivity index (χ1n) is 18.5. The molecule has 0 aromatic rings. The summed E-state index contributed by atoms with van der Waals surface area (Å²) in [4.78, 5) is 120. The van der Waals surface area contributed by atoms with Gasteiger partial charge in [0.05, 0.1) is 0 Å². The van der Waals surface area contributed by atoms with E-state index in [2.05, 4.69) is 16.0 Å². The normalized spacial score (nSPS) is 17.3. The highest BCUT2D eigenvalue weighted by Gasteiger charge is 2.29. The Morgan fingerprint density at radius 1 is 0.673 bits per heavy atom. The second kappa shape index (κ2) is 26.3. The minimum Gasteiger partial charge on any atom is -0.481 e. The fraction of sp³-hybridized carbons (Fsp3) is 0.722. The number of rotatable bonds is 29. The van der Waals surface area contributed by atoms with Crippen LogP contribution in [0.5, 0.6) is 0 Å². The maximum Gasteiger partial charge on any atom is 0.326 e.